The van der Waals surface area contributed by atoms with E-state index in [1.165, 1.54) is 26.5 Å². The molecule has 0 atom stereocenters. The number of pyridine rings is 1. The van der Waals surface area contributed by atoms with Crippen molar-refractivity contribution in [1.82, 2.24) is 4.98 Å². The predicted molar refractivity (Wildman–Crippen MR) is 39.0 cm³/mol. The van der Waals surface area contributed by atoms with Gasteiger partial charge in [-0.2, -0.15) is 0 Å². The van der Waals surface area contributed by atoms with Gasteiger partial charge in [-0.1, -0.05) is 0 Å². The quantitative estimate of drug-likeness (QED) is 0.686. The standard InChI is InChI=1S/C7H9NO3/c1-10-5-3-7(9)8-4-6(5)11-2/h3-4H,1-2H3,(H,8,9). The van der Waals surface area contributed by atoms with Crippen LogP contribution in [0.2, 0.25) is 0 Å². The molecular formula is C7H9NO3. The highest BCUT2D eigenvalue weighted by Gasteiger charge is 2.03. The van der Waals surface area contributed by atoms with Crippen molar-refractivity contribution in [3.8, 4) is 17.4 Å². The average molecular weight is 155 g/mol. The molecule has 0 saturated heterocycles. The van der Waals surface area contributed by atoms with Crippen molar-refractivity contribution < 1.29 is 14.6 Å². The minimum absolute atomic E-state index is 0.0809. The van der Waals surface area contributed by atoms with Crippen molar-refractivity contribution in [2.24, 2.45) is 0 Å². The first kappa shape index (κ1) is 7.65. The molecule has 0 aromatic carbocycles. The Bertz CT molecular complexity index is 249. The van der Waals surface area contributed by atoms with Gasteiger partial charge < -0.3 is 14.6 Å². The Labute approximate surface area is 64.4 Å². The molecule has 0 aliphatic carbocycles. The van der Waals surface area contributed by atoms with Crippen LogP contribution in [0.5, 0.6) is 17.4 Å². The summed E-state index contributed by atoms with van der Waals surface area (Å²) in [4.78, 5) is 3.61. The topological polar surface area (TPSA) is 51.6 Å². The number of aromatic hydroxyl groups is 1. The van der Waals surface area contributed by atoms with Gasteiger partial charge in [-0.15, -0.1) is 0 Å². The molecule has 0 fully saturated rings. The molecule has 0 unspecified atom stereocenters. The largest absolute Gasteiger partial charge is 0.493 e. The fourth-order valence-corrected chi connectivity index (χ4v) is 0.727. The molecule has 0 saturated carbocycles. The van der Waals surface area contributed by atoms with Gasteiger partial charge >= 0.3 is 0 Å². The Morgan fingerprint density at radius 1 is 1.27 bits per heavy atom. The minimum Gasteiger partial charge on any atom is -0.493 e. The molecule has 0 radical (unpaired) electrons. The van der Waals surface area contributed by atoms with Crippen molar-refractivity contribution in [3.63, 3.8) is 0 Å². The van der Waals surface area contributed by atoms with Crippen LogP contribution < -0.4 is 9.47 Å². The van der Waals surface area contributed by atoms with E-state index in [9.17, 15) is 0 Å². The van der Waals surface area contributed by atoms with Crippen LogP contribution in [0.25, 0.3) is 0 Å². The van der Waals surface area contributed by atoms with Crippen molar-refractivity contribution in [3.05, 3.63) is 12.3 Å². The van der Waals surface area contributed by atoms with E-state index in [2.05, 4.69) is 4.98 Å². The zero-order chi connectivity index (χ0) is 8.27. The lowest BCUT2D eigenvalue weighted by Crippen LogP contribution is -1.90. The first-order valence-corrected chi connectivity index (χ1v) is 3.05. The smallest absolute Gasteiger partial charge is 0.214 e. The van der Waals surface area contributed by atoms with Crippen molar-refractivity contribution in [1.29, 1.82) is 0 Å². The molecule has 1 N–H and O–H groups in total. The van der Waals surface area contributed by atoms with Gasteiger partial charge in [0.05, 0.1) is 20.4 Å². The van der Waals surface area contributed by atoms with E-state index in [1.807, 2.05) is 0 Å². The van der Waals surface area contributed by atoms with Crippen LogP contribution in [0.15, 0.2) is 12.3 Å². The molecule has 4 nitrogen and oxygen atoms in total. The molecule has 11 heavy (non-hydrogen) atoms. The lowest BCUT2D eigenvalue weighted by molar-refractivity contribution is 0.347. The highest BCUT2D eigenvalue weighted by Crippen LogP contribution is 2.27. The SMILES string of the molecule is COc1cnc(O)cc1OC. The van der Waals surface area contributed by atoms with Crippen LogP contribution in [0.4, 0.5) is 0 Å². The molecule has 1 aromatic heterocycles. The maximum Gasteiger partial charge on any atom is 0.214 e. The number of hydrogen-bond acceptors (Lipinski definition) is 4. The molecule has 0 bridgehead atoms. The Kier molecular flexibility index (Phi) is 2.15. The van der Waals surface area contributed by atoms with Gasteiger partial charge in [0.25, 0.3) is 0 Å². The number of ether oxygens (including phenoxy) is 2. The zero-order valence-electron chi connectivity index (χ0n) is 6.37. The summed E-state index contributed by atoms with van der Waals surface area (Å²) in [5.41, 5.74) is 0. The summed E-state index contributed by atoms with van der Waals surface area (Å²) in [5, 5.41) is 8.92. The number of rotatable bonds is 2. The summed E-state index contributed by atoms with van der Waals surface area (Å²) in [6.45, 7) is 0. The van der Waals surface area contributed by atoms with Gasteiger partial charge in [0, 0.05) is 6.07 Å². The lowest BCUT2D eigenvalue weighted by atomic mass is 10.4. The van der Waals surface area contributed by atoms with Gasteiger partial charge in [-0.3, -0.25) is 0 Å². The predicted octanol–water partition coefficient (Wildman–Crippen LogP) is 0.804. The molecule has 0 amide bonds. The Morgan fingerprint density at radius 2 is 1.91 bits per heavy atom. The van der Waals surface area contributed by atoms with Crippen LogP contribution in [0.1, 0.15) is 0 Å². The second-order valence-corrected chi connectivity index (χ2v) is 1.90. The Morgan fingerprint density at radius 3 is 2.45 bits per heavy atom. The van der Waals surface area contributed by atoms with Crippen LogP contribution in [-0.2, 0) is 0 Å². The number of hydrogen-bond donors (Lipinski definition) is 1. The van der Waals surface area contributed by atoms with Crippen LogP contribution in [0, 0.1) is 0 Å². The third-order valence-electron chi connectivity index (χ3n) is 1.26. The van der Waals surface area contributed by atoms with Gasteiger partial charge in [0.15, 0.2) is 11.5 Å². The van der Waals surface area contributed by atoms with Crippen LogP contribution in [-0.4, -0.2) is 24.3 Å². The number of methoxy groups -OCH3 is 2. The second kappa shape index (κ2) is 3.09. The molecular weight excluding hydrogens is 146 g/mol. The van der Waals surface area contributed by atoms with Crippen molar-refractivity contribution >= 4 is 0 Å². The van der Waals surface area contributed by atoms with Crippen LogP contribution >= 0.6 is 0 Å². The fraction of sp³-hybridized carbons (Fsp3) is 0.286. The number of nitrogens with zero attached hydrogens (tertiary/aromatic N) is 1. The van der Waals surface area contributed by atoms with Crippen LogP contribution in [0.3, 0.4) is 0 Å². The third kappa shape index (κ3) is 1.52. The maximum atomic E-state index is 8.92. The Balaban J connectivity index is 3.06. The van der Waals surface area contributed by atoms with Gasteiger partial charge in [0.1, 0.15) is 0 Å². The van der Waals surface area contributed by atoms with E-state index in [4.69, 9.17) is 14.6 Å². The second-order valence-electron chi connectivity index (χ2n) is 1.90. The zero-order valence-corrected chi connectivity index (χ0v) is 6.37. The van der Waals surface area contributed by atoms with Gasteiger partial charge in [0.2, 0.25) is 5.88 Å². The van der Waals surface area contributed by atoms with E-state index < -0.39 is 0 Å². The summed E-state index contributed by atoms with van der Waals surface area (Å²) < 4.78 is 9.78. The van der Waals surface area contributed by atoms with Gasteiger partial charge in [-0.25, -0.2) is 4.98 Å². The summed E-state index contributed by atoms with van der Waals surface area (Å²) >= 11 is 0. The fourth-order valence-electron chi connectivity index (χ4n) is 0.727. The van der Waals surface area contributed by atoms with Gasteiger partial charge in [-0.05, 0) is 0 Å². The number of aromatic nitrogens is 1. The summed E-state index contributed by atoms with van der Waals surface area (Å²) in [6, 6.07) is 1.39. The molecule has 60 valence electrons. The molecule has 0 aliphatic heterocycles. The normalized spacial score (nSPS) is 9.27. The molecule has 1 aromatic rings. The van der Waals surface area contributed by atoms with E-state index in [-0.39, 0.29) is 5.88 Å². The maximum absolute atomic E-state index is 8.92. The lowest BCUT2D eigenvalue weighted by Gasteiger charge is -2.05. The first-order valence-electron chi connectivity index (χ1n) is 3.05. The monoisotopic (exact) mass is 155 g/mol. The Hall–Kier alpha value is -1.45. The minimum atomic E-state index is -0.0809. The first-order chi connectivity index (χ1) is 5.27. The van der Waals surface area contributed by atoms with E-state index >= 15 is 0 Å². The molecule has 1 rings (SSSR count). The summed E-state index contributed by atoms with van der Waals surface area (Å²) in [7, 11) is 3.01. The van der Waals surface area contributed by atoms with E-state index in [0.29, 0.717) is 11.5 Å². The average Bonchev–Trinajstić information content (AvgIpc) is 2.04. The molecule has 0 aliphatic rings. The van der Waals surface area contributed by atoms with E-state index in [1.54, 1.807) is 0 Å². The third-order valence-corrected chi connectivity index (χ3v) is 1.26. The van der Waals surface area contributed by atoms with Crippen molar-refractivity contribution in [2.75, 3.05) is 14.2 Å². The van der Waals surface area contributed by atoms with E-state index in [0.717, 1.165) is 0 Å². The highest BCUT2D eigenvalue weighted by atomic mass is 16.5. The molecule has 4 heteroatoms. The van der Waals surface area contributed by atoms with Crippen molar-refractivity contribution in [2.45, 2.75) is 0 Å². The summed E-state index contributed by atoms with van der Waals surface area (Å²) in [6.07, 6.45) is 1.40. The highest BCUT2D eigenvalue weighted by molar-refractivity contribution is 5.40. The molecule has 0 spiro atoms. The summed E-state index contributed by atoms with van der Waals surface area (Å²) in [5.74, 6) is 0.896. The molecule has 1 heterocycles.